The summed E-state index contributed by atoms with van der Waals surface area (Å²) in [6.07, 6.45) is 0. The molecular formula is C27H26N2O5S. The largest absolute Gasteiger partial charge is 0.497 e. The fraction of sp³-hybridized carbons (Fsp3) is 0.259. The molecule has 2 atom stereocenters. The van der Waals surface area contributed by atoms with Gasteiger partial charge in [0.15, 0.2) is 0 Å². The van der Waals surface area contributed by atoms with Gasteiger partial charge >= 0.3 is 11.9 Å². The Bertz CT molecular complexity index is 1340. The molecule has 1 aromatic heterocycles. The van der Waals surface area contributed by atoms with Crippen molar-refractivity contribution in [1.29, 1.82) is 0 Å². The van der Waals surface area contributed by atoms with Crippen molar-refractivity contribution in [3.05, 3.63) is 70.7 Å². The van der Waals surface area contributed by atoms with Crippen molar-refractivity contribution in [2.75, 3.05) is 21.3 Å². The molecule has 3 aromatic rings. The highest BCUT2D eigenvalue weighted by Crippen LogP contribution is 2.41. The molecule has 0 aliphatic carbocycles. The van der Waals surface area contributed by atoms with Gasteiger partial charge in [0.25, 0.3) is 0 Å². The summed E-state index contributed by atoms with van der Waals surface area (Å²) in [7, 11) is 4.29. The van der Waals surface area contributed by atoms with E-state index in [4.69, 9.17) is 19.2 Å². The van der Waals surface area contributed by atoms with Crippen LogP contribution in [0.1, 0.15) is 25.3 Å². The summed E-state index contributed by atoms with van der Waals surface area (Å²) in [5.41, 5.74) is 4.93. The van der Waals surface area contributed by atoms with E-state index >= 15 is 0 Å². The van der Waals surface area contributed by atoms with Gasteiger partial charge < -0.3 is 14.2 Å². The minimum Gasteiger partial charge on any atom is -0.497 e. The zero-order chi connectivity index (χ0) is 25.1. The molecule has 0 radical (unpaired) electrons. The van der Waals surface area contributed by atoms with Crippen molar-refractivity contribution >= 4 is 29.0 Å². The van der Waals surface area contributed by atoms with Crippen molar-refractivity contribution in [3.8, 4) is 27.6 Å². The Labute approximate surface area is 208 Å². The standard InChI is InChI=1S/C27H26N2O5S/c1-15-22(26(30)33-4)24(23(16(2)28-15)27(31)34-5)18-9-6-10-19(12-18)25-29-21(14-35-25)17-8-7-11-20(13-17)32-3/h6-14,22,24H,1-5H3. The normalized spacial score (nSPS) is 17.6. The molecule has 0 saturated heterocycles. The molecule has 35 heavy (non-hydrogen) atoms. The van der Waals surface area contributed by atoms with Gasteiger partial charge in [0.2, 0.25) is 0 Å². The highest BCUT2D eigenvalue weighted by Gasteiger charge is 2.42. The highest BCUT2D eigenvalue weighted by molar-refractivity contribution is 7.13. The Morgan fingerprint density at radius 1 is 0.943 bits per heavy atom. The molecule has 0 saturated carbocycles. The van der Waals surface area contributed by atoms with Crippen LogP contribution in [0.15, 0.2) is 70.2 Å². The summed E-state index contributed by atoms with van der Waals surface area (Å²) in [6.45, 7) is 3.53. The minimum absolute atomic E-state index is 0.349. The molecule has 0 spiro atoms. The number of benzene rings is 2. The molecule has 0 N–H and O–H groups in total. The van der Waals surface area contributed by atoms with Crippen LogP contribution in [-0.2, 0) is 19.1 Å². The molecule has 2 heterocycles. The monoisotopic (exact) mass is 490 g/mol. The van der Waals surface area contributed by atoms with Gasteiger partial charge in [-0.1, -0.05) is 30.3 Å². The topological polar surface area (TPSA) is 87.1 Å². The molecule has 0 amide bonds. The van der Waals surface area contributed by atoms with E-state index in [1.165, 1.54) is 25.6 Å². The van der Waals surface area contributed by atoms with Crippen molar-refractivity contribution in [2.45, 2.75) is 19.8 Å². The van der Waals surface area contributed by atoms with Crippen molar-refractivity contribution < 1.29 is 23.8 Å². The van der Waals surface area contributed by atoms with Crippen molar-refractivity contribution in [3.63, 3.8) is 0 Å². The summed E-state index contributed by atoms with van der Waals surface area (Å²) in [5, 5.41) is 2.82. The number of hydrogen-bond donors (Lipinski definition) is 0. The number of ether oxygens (including phenoxy) is 3. The number of thiazole rings is 1. The Balaban J connectivity index is 1.78. The zero-order valence-corrected chi connectivity index (χ0v) is 21.0. The molecule has 2 unspecified atom stereocenters. The SMILES string of the molecule is COC(=O)C1=C(C)N=C(C)C(C(=O)OC)C1c1cccc(-c2nc(-c3cccc(OC)c3)cs2)c1. The second-order valence-electron chi connectivity index (χ2n) is 8.12. The summed E-state index contributed by atoms with van der Waals surface area (Å²) in [6, 6.07) is 15.5. The van der Waals surface area contributed by atoms with Crippen LogP contribution in [0.2, 0.25) is 0 Å². The Morgan fingerprint density at radius 2 is 1.69 bits per heavy atom. The third-order valence-electron chi connectivity index (χ3n) is 6.05. The molecule has 180 valence electrons. The number of rotatable bonds is 6. The lowest BCUT2D eigenvalue weighted by Crippen LogP contribution is -2.36. The third-order valence-corrected chi connectivity index (χ3v) is 6.94. The molecule has 4 rings (SSSR count). The predicted octanol–water partition coefficient (Wildman–Crippen LogP) is 5.28. The maximum atomic E-state index is 12.8. The van der Waals surface area contributed by atoms with E-state index in [-0.39, 0.29) is 0 Å². The number of hydrogen-bond acceptors (Lipinski definition) is 8. The molecule has 2 aromatic carbocycles. The number of carbonyl (C=O) groups excluding carboxylic acids is 2. The molecule has 1 aliphatic rings. The van der Waals surface area contributed by atoms with E-state index in [9.17, 15) is 9.59 Å². The van der Waals surface area contributed by atoms with Crippen LogP contribution in [-0.4, -0.2) is 44.0 Å². The summed E-state index contributed by atoms with van der Waals surface area (Å²) >= 11 is 1.52. The van der Waals surface area contributed by atoms with Gasteiger partial charge in [-0.15, -0.1) is 11.3 Å². The fourth-order valence-electron chi connectivity index (χ4n) is 4.39. The van der Waals surface area contributed by atoms with Gasteiger partial charge in [-0.3, -0.25) is 9.79 Å². The van der Waals surface area contributed by atoms with E-state index in [2.05, 4.69) is 4.99 Å². The van der Waals surface area contributed by atoms with Gasteiger partial charge in [0.1, 0.15) is 16.7 Å². The average molecular weight is 491 g/mol. The van der Waals surface area contributed by atoms with E-state index in [1.807, 2.05) is 53.9 Å². The number of carbonyl (C=O) groups is 2. The summed E-state index contributed by atoms with van der Waals surface area (Å²) in [4.78, 5) is 34.9. The van der Waals surface area contributed by atoms with Gasteiger partial charge in [-0.2, -0.15) is 0 Å². The molecule has 0 fully saturated rings. The maximum absolute atomic E-state index is 12.8. The van der Waals surface area contributed by atoms with E-state index in [0.717, 1.165) is 33.1 Å². The van der Waals surface area contributed by atoms with Crippen molar-refractivity contribution in [2.24, 2.45) is 10.9 Å². The van der Waals surface area contributed by atoms with Crippen LogP contribution in [0.3, 0.4) is 0 Å². The van der Waals surface area contributed by atoms with Crippen LogP contribution in [0, 0.1) is 5.92 Å². The first-order valence-corrected chi connectivity index (χ1v) is 11.9. The van der Waals surface area contributed by atoms with E-state index < -0.39 is 23.8 Å². The quantitative estimate of drug-likeness (QED) is 0.437. The number of aromatic nitrogens is 1. The number of esters is 2. The van der Waals surface area contributed by atoms with Gasteiger partial charge in [-0.25, -0.2) is 9.78 Å². The van der Waals surface area contributed by atoms with Crippen LogP contribution in [0.4, 0.5) is 0 Å². The molecular weight excluding hydrogens is 464 g/mol. The summed E-state index contributed by atoms with van der Waals surface area (Å²) in [5.74, 6) is -1.54. The first-order chi connectivity index (χ1) is 16.9. The Hall–Kier alpha value is -3.78. The zero-order valence-electron chi connectivity index (χ0n) is 20.2. The fourth-order valence-corrected chi connectivity index (χ4v) is 5.22. The van der Waals surface area contributed by atoms with E-state index in [1.54, 1.807) is 21.0 Å². The third kappa shape index (κ3) is 4.74. The van der Waals surface area contributed by atoms with Crippen LogP contribution in [0.5, 0.6) is 5.75 Å². The van der Waals surface area contributed by atoms with Gasteiger partial charge in [0, 0.05) is 33.8 Å². The molecule has 8 heteroatoms. The average Bonchev–Trinajstić information content (AvgIpc) is 3.38. The molecule has 1 aliphatic heterocycles. The van der Waals surface area contributed by atoms with Gasteiger partial charge in [-0.05, 0) is 37.6 Å². The highest BCUT2D eigenvalue weighted by atomic mass is 32.1. The van der Waals surface area contributed by atoms with Crippen LogP contribution in [0.25, 0.3) is 21.8 Å². The first kappa shape index (κ1) is 24.3. The number of methoxy groups -OCH3 is 3. The lowest BCUT2D eigenvalue weighted by atomic mass is 9.75. The van der Waals surface area contributed by atoms with E-state index in [0.29, 0.717) is 17.0 Å². The summed E-state index contributed by atoms with van der Waals surface area (Å²) < 4.78 is 15.5. The second-order valence-corrected chi connectivity index (χ2v) is 8.98. The van der Waals surface area contributed by atoms with Crippen LogP contribution >= 0.6 is 11.3 Å². The Kier molecular flexibility index (Phi) is 7.12. The number of aliphatic imine (C=N–C) groups is 1. The second kappa shape index (κ2) is 10.2. The molecule has 7 nitrogen and oxygen atoms in total. The first-order valence-electron chi connectivity index (χ1n) is 11.0. The maximum Gasteiger partial charge on any atom is 0.336 e. The van der Waals surface area contributed by atoms with Crippen LogP contribution < -0.4 is 4.74 Å². The minimum atomic E-state index is -0.739. The lowest BCUT2D eigenvalue weighted by molar-refractivity contribution is -0.143. The Morgan fingerprint density at radius 3 is 2.40 bits per heavy atom. The number of allylic oxidation sites excluding steroid dienone is 1. The van der Waals surface area contributed by atoms with Gasteiger partial charge in [0.05, 0.1) is 32.6 Å². The predicted molar refractivity (Wildman–Crippen MR) is 136 cm³/mol. The number of nitrogens with zero attached hydrogens (tertiary/aromatic N) is 2. The lowest BCUT2D eigenvalue weighted by Gasteiger charge is -2.31. The smallest absolute Gasteiger partial charge is 0.336 e. The van der Waals surface area contributed by atoms with Crippen molar-refractivity contribution in [1.82, 2.24) is 4.98 Å². The molecule has 0 bridgehead atoms.